The molecule has 0 bridgehead atoms. The summed E-state index contributed by atoms with van der Waals surface area (Å²) in [6.45, 7) is 2.51. The summed E-state index contributed by atoms with van der Waals surface area (Å²) < 4.78 is 0. The van der Waals surface area contributed by atoms with E-state index in [0.717, 1.165) is 6.92 Å². The number of carbonyl (C=O) groups excluding carboxylic acids is 2. The average Bonchev–Trinajstić information content (AvgIpc) is 2.34. The van der Waals surface area contributed by atoms with E-state index < -0.39 is 24.1 Å². The molecular weight excluding hydrogens is 254 g/mol. The molecule has 0 radical (unpaired) electrons. The number of hydrogen-bond acceptors (Lipinski definition) is 4. The predicted octanol–water partition coefficient (Wildman–Crippen LogP) is -1.15. The van der Waals surface area contributed by atoms with Gasteiger partial charge in [0.25, 0.3) is 0 Å². The Balaban J connectivity index is 4.29. The van der Waals surface area contributed by atoms with Gasteiger partial charge in [0.15, 0.2) is 5.60 Å². The summed E-state index contributed by atoms with van der Waals surface area (Å²) >= 11 is 0. The molecule has 0 saturated carbocycles. The molecule has 2 unspecified atom stereocenters. The fourth-order valence-electron chi connectivity index (χ4n) is 1.28. The van der Waals surface area contributed by atoms with Crippen LogP contribution in [0.5, 0.6) is 0 Å². The van der Waals surface area contributed by atoms with Gasteiger partial charge in [0.2, 0.25) is 5.91 Å². The Morgan fingerprint density at radius 3 is 2.32 bits per heavy atom. The van der Waals surface area contributed by atoms with Gasteiger partial charge in [0.05, 0.1) is 12.5 Å². The SMILES string of the molecule is CNC(=O)C(C)CN(C)C(=O)NCC(C)(O)C(=O)O. The van der Waals surface area contributed by atoms with Crippen LogP contribution in [0.4, 0.5) is 4.79 Å². The fourth-order valence-corrected chi connectivity index (χ4v) is 1.28. The van der Waals surface area contributed by atoms with Crippen LogP contribution in [0.2, 0.25) is 0 Å². The second-order valence-corrected chi connectivity index (χ2v) is 4.63. The number of carboxylic acid groups (broad SMARTS) is 1. The Labute approximate surface area is 111 Å². The highest BCUT2D eigenvalue weighted by molar-refractivity contribution is 5.81. The molecule has 19 heavy (non-hydrogen) atoms. The summed E-state index contributed by atoms with van der Waals surface area (Å²) in [6.07, 6.45) is 0. The summed E-state index contributed by atoms with van der Waals surface area (Å²) in [6, 6.07) is -0.558. The molecule has 0 aromatic rings. The normalized spacial score (nSPS) is 15.0. The molecule has 0 rings (SSSR count). The number of hydrogen-bond donors (Lipinski definition) is 4. The number of aliphatic hydroxyl groups is 1. The van der Waals surface area contributed by atoms with E-state index in [1.807, 2.05) is 0 Å². The standard InChI is InChI=1S/C11H21N3O5/c1-7(8(15)12-3)5-14(4)10(18)13-6-11(2,19)9(16)17/h7,19H,5-6H2,1-4H3,(H,12,15)(H,13,18)(H,16,17). The monoisotopic (exact) mass is 275 g/mol. The van der Waals surface area contributed by atoms with Gasteiger partial charge < -0.3 is 25.7 Å². The Kier molecular flexibility index (Phi) is 6.26. The van der Waals surface area contributed by atoms with Crippen molar-refractivity contribution >= 4 is 17.9 Å². The number of aliphatic carboxylic acids is 1. The largest absolute Gasteiger partial charge is 0.479 e. The van der Waals surface area contributed by atoms with Gasteiger partial charge in [-0.3, -0.25) is 4.79 Å². The molecule has 0 spiro atoms. The van der Waals surface area contributed by atoms with Gasteiger partial charge in [0.1, 0.15) is 0 Å². The highest BCUT2D eigenvalue weighted by Gasteiger charge is 2.30. The van der Waals surface area contributed by atoms with Crippen LogP contribution in [0, 0.1) is 5.92 Å². The van der Waals surface area contributed by atoms with Gasteiger partial charge >= 0.3 is 12.0 Å². The van der Waals surface area contributed by atoms with E-state index in [1.165, 1.54) is 19.0 Å². The van der Waals surface area contributed by atoms with Gasteiger partial charge in [-0.2, -0.15) is 0 Å². The first-order valence-corrected chi connectivity index (χ1v) is 5.78. The van der Waals surface area contributed by atoms with Crippen molar-refractivity contribution in [3.63, 3.8) is 0 Å². The van der Waals surface area contributed by atoms with Crippen LogP contribution in [0.15, 0.2) is 0 Å². The zero-order valence-electron chi connectivity index (χ0n) is 11.6. The molecule has 3 amide bonds. The third-order valence-corrected chi connectivity index (χ3v) is 2.63. The minimum Gasteiger partial charge on any atom is -0.479 e. The predicted molar refractivity (Wildman–Crippen MR) is 67.5 cm³/mol. The zero-order valence-corrected chi connectivity index (χ0v) is 11.6. The maximum atomic E-state index is 11.6. The molecule has 0 saturated heterocycles. The highest BCUT2D eigenvalue weighted by atomic mass is 16.4. The lowest BCUT2D eigenvalue weighted by atomic mass is 10.1. The van der Waals surface area contributed by atoms with Crippen LogP contribution in [0.3, 0.4) is 0 Å². The maximum absolute atomic E-state index is 11.6. The van der Waals surface area contributed by atoms with Crippen molar-refractivity contribution in [2.24, 2.45) is 5.92 Å². The number of rotatable bonds is 6. The molecule has 4 N–H and O–H groups in total. The van der Waals surface area contributed by atoms with Crippen LogP contribution < -0.4 is 10.6 Å². The molecule has 110 valence electrons. The van der Waals surface area contributed by atoms with E-state index in [1.54, 1.807) is 6.92 Å². The molecule has 0 fully saturated rings. The number of nitrogens with one attached hydrogen (secondary N) is 2. The van der Waals surface area contributed by atoms with Crippen LogP contribution in [-0.2, 0) is 9.59 Å². The number of carbonyl (C=O) groups is 3. The Morgan fingerprint density at radius 1 is 1.37 bits per heavy atom. The van der Waals surface area contributed by atoms with E-state index >= 15 is 0 Å². The van der Waals surface area contributed by atoms with Crippen molar-refractivity contribution in [2.45, 2.75) is 19.4 Å². The number of amides is 3. The van der Waals surface area contributed by atoms with Gasteiger partial charge in [-0.05, 0) is 6.92 Å². The number of carboxylic acids is 1. The fraction of sp³-hybridized carbons (Fsp3) is 0.727. The van der Waals surface area contributed by atoms with Crippen LogP contribution in [0.1, 0.15) is 13.8 Å². The Hall–Kier alpha value is -1.83. The molecule has 0 aliphatic heterocycles. The van der Waals surface area contributed by atoms with Crippen LogP contribution in [0.25, 0.3) is 0 Å². The Bertz CT molecular complexity index is 356. The first-order chi connectivity index (χ1) is 8.61. The van der Waals surface area contributed by atoms with Crippen LogP contribution >= 0.6 is 0 Å². The number of nitrogens with zero attached hydrogens (tertiary/aromatic N) is 1. The molecule has 0 aromatic heterocycles. The van der Waals surface area contributed by atoms with Crippen molar-refractivity contribution < 1.29 is 24.6 Å². The molecule has 0 heterocycles. The molecule has 2 atom stereocenters. The molecular formula is C11H21N3O5. The highest BCUT2D eigenvalue weighted by Crippen LogP contribution is 2.02. The first kappa shape index (κ1) is 17.2. The molecule has 8 heteroatoms. The lowest BCUT2D eigenvalue weighted by Gasteiger charge is -2.24. The van der Waals surface area contributed by atoms with Gasteiger partial charge in [0, 0.05) is 20.6 Å². The van der Waals surface area contributed by atoms with Crippen molar-refractivity contribution in [1.82, 2.24) is 15.5 Å². The summed E-state index contributed by atoms with van der Waals surface area (Å²) in [7, 11) is 2.98. The minimum absolute atomic E-state index is 0.181. The second-order valence-electron chi connectivity index (χ2n) is 4.63. The average molecular weight is 275 g/mol. The summed E-state index contributed by atoms with van der Waals surface area (Å²) in [4.78, 5) is 34.8. The summed E-state index contributed by atoms with van der Waals surface area (Å²) in [5.74, 6) is -2.01. The lowest BCUT2D eigenvalue weighted by Crippen LogP contribution is -2.50. The zero-order chi connectivity index (χ0) is 15.2. The topological polar surface area (TPSA) is 119 Å². The van der Waals surface area contributed by atoms with E-state index in [9.17, 15) is 19.5 Å². The minimum atomic E-state index is -2.02. The van der Waals surface area contributed by atoms with Gasteiger partial charge in [-0.25, -0.2) is 9.59 Å². The first-order valence-electron chi connectivity index (χ1n) is 5.78. The molecule has 0 aromatic carbocycles. The smallest absolute Gasteiger partial charge is 0.337 e. The van der Waals surface area contributed by atoms with Crippen molar-refractivity contribution in [3.05, 3.63) is 0 Å². The third kappa shape index (κ3) is 5.56. The maximum Gasteiger partial charge on any atom is 0.337 e. The number of urea groups is 1. The van der Waals surface area contributed by atoms with Crippen LogP contribution in [-0.4, -0.2) is 65.8 Å². The van der Waals surface area contributed by atoms with E-state index in [4.69, 9.17) is 5.11 Å². The molecule has 0 aliphatic rings. The van der Waals surface area contributed by atoms with Crippen molar-refractivity contribution in [2.75, 3.05) is 27.2 Å². The third-order valence-electron chi connectivity index (χ3n) is 2.63. The molecule has 8 nitrogen and oxygen atoms in total. The van der Waals surface area contributed by atoms with Gasteiger partial charge in [-0.15, -0.1) is 0 Å². The van der Waals surface area contributed by atoms with E-state index in [-0.39, 0.29) is 18.4 Å². The van der Waals surface area contributed by atoms with Crippen molar-refractivity contribution in [3.8, 4) is 0 Å². The summed E-state index contributed by atoms with van der Waals surface area (Å²) in [5.41, 5.74) is -2.02. The lowest BCUT2D eigenvalue weighted by molar-refractivity contribution is -0.155. The Morgan fingerprint density at radius 2 is 1.89 bits per heavy atom. The second kappa shape index (κ2) is 6.93. The van der Waals surface area contributed by atoms with E-state index in [0.29, 0.717) is 0 Å². The van der Waals surface area contributed by atoms with Crippen molar-refractivity contribution in [1.29, 1.82) is 0 Å². The van der Waals surface area contributed by atoms with E-state index in [2.05, 4.69) is 10.6 Å². The van der Waals surface area contributed by atoms with Gasteiger partial charge in [-0.1, -0.05) is 6.92 Å². The molecule has 0 aliphatic carbocycles. The summed E-state index contributed by atoms with van der Waals surface area (Å²) in [5, 5.41) is 22.9. The quantitative estimate of drug-likeness (QED) is 0.488.